The van der Waals surface area contributed by atoms with Gasteiger partial charge in [-0.2, -0.15) is 11.8 Å². The Morgan fingerprint density at radius 1 is 1.65 bits per heavy atom. The number of carboxylic acid groups (broad SMARTS) is 1. The molecular formula is C11H16N2O2S2. The first-order chi connectivity index (χ1) is 8.24. The average Bonchev–Trinajstić information content (AvgIpc) is 2.95. The van der Waals surface area contributed by atoms with Crippen LogP contribution in [0.15, 0.2) is 5.38 Å². The number of anilines is 1. The zero-order valence-electron chi connectivity index (χ0n) is 9.52. The highest BCUT2D eigenvalue weighted by Gasteiger charge is 2.15. The summed E-state index contributed by atoms with van der Waals surface area (Å²) < 4.78 is 0. The predicted molar refractivity (Wildman–Crippen MR) is 72.0 cm³/mol. The van der Waals surface area contributed by atoms with E-state index >= 15 is 0 Å². The third-order valence-corrected chi connectivity index (χ3v) is 4.90. The molecule has 1 aromatic heterocycles. The molecule has 1 unspecified atom stereocenters. The first kappa shape index (κ1) is 12.7. The molecule has 0 radical (unpaired) electrons. The molecule has 2 N–H and O–H groups in total. The lowest BCUT2D eigenvalue weighted by Gasteiger charge is -2.08. The van der Waals surface area contributed by atoms with E-state index in [0.717, 1.165) is 17.4 Å². The number of carbonyl (C=O) groups is 1. The monoisotopic (exact) mass is 272 g/mol. The van der Waals surface area contributed by atoms with Crippen molar-refractivity contribution in [3.63, 3.8) is 0 Å². The number of nitrogens with one attached hydrogen (secondary N) is 1. The Bertz CT molecular complexity index is 375. The molecule has 2 heterocycles. The number of hydrogen-bond donors (Lipinski definition) is 2. The molecule has 0 amide bonds. The number of aliphatic carboxylic acids is 1. The normalized spacial score (nSPS) is 19.4. The number of thiazole rings is 1. The van der Waals surface area contributed by atoms with Crippen LogP contribution in [0.3, 0.4) is 0 Å². The molecule has 0 aromatic carbocycles. The largest absolute Gasteiger partial charge is 0.481 e. The van der Waals surface area contributed by atoms with Crippen LogP contribution >= 0.6 is 23.1 Å². The average molecular weight is 272 g/mol. The number of carboxylic acids is 1. The number of hydrogen-bond acceptors (Lipinski definition) is 5. The molecule has 0 spiro atoms. The highest BCUT2D eigenvalue weighted by molar-refractivity contribution is 8.00. The highest BCUT2D eigenvalue weighted by atomic mass is 32.2. The predicted octanol–water partition coefficient (Wildman–Crippen LogP) is 2.47. The van der Waals surface area contributed by atoms with E-state index in [1.54, 1.807) is 11.3 Å². The van der Waals surface area contributed by atoms with Crippen molar-refractivity contribution < 1.29 is 9.90 Å². The smallest absolute Gasteiger partial charge is 0.303 e. The molecule has 0 aliphatic carbocycles. The minimum Gasteiger partial charge on any atom is -0.481 e. The Morgan fingerprint density at radius 3 is 3.24 bits per heavy atom. The summed E-state index contributed by atoms with van der Waals surface area (Å²) in [5, 5.41) is 15.5. The van der Waals surface area contributed by atoms with Gasteiger partial charge in [-0.05, 0) is 18.6 Å². The van der Waals surface area contributed by atoms with Crippen molar-refractivity contribution >= 4 is 34.2 Å². The van der Waals surface area contributed by atoms with Crippen molar-refractivity contribution in [1.29, 1.82) is 0 Å². The van der Waals surface area contributed by atoms with Crippen molar-refractivity contribution in [3.8, 4) is 0 Å². The minimum atomic E-state index is -0.769. The topological polar surface area (TPSA) is 62.2 Å². The summed E-state index contributed by atoms with van der Waals surface area (Å²) in [7, 11) is 0. The van der Waals surface area contributed by atoms with Gasteiger partial charge in [0.15, 0.2) is 5.13 Å². The van der Waals surface area contributed by atoms with Crippen molar-refractivity contribution in [1.82, 2.24) is 4.98 Å². The molecule has 17 heavy (non-hydrogen) atoms. The van der Waals surface area contributed by atoms with Crippen molar-refractivity contribution in [2.75, 3.05) is 17.6 Å². The van der Waals surface area contributed by atoms with Gasteiger partial charge in [0, 0.05) is 23.6 Å². The lowest BCUT2D eigenvalue weighted by Crippen LogP contribution is -2.13. The molecule has 4 nitrogen and oxygen atoms in total. The van der Waals surface area contributed by atoms with Gasteiger partial charge in [-0.1, -0.05) is 0 Å². The number of thioether (sulfide) groups is 1. The van der Waals surface area contributed by atoms with E-state index in [-0.39, 0.29) is 6.42 Å². The first-order valence-electron chi connectivity index (χ1n) is 5.75. The van der Waals surface area contributed by atoms with Crippen LogP contribution in [-0.4, -0.2) is 33.6 Å². The molecule has 1 saturated heterocycles. The number of aromatic nitrogens is 1. The fraction of sp³-hybridized carbons (Fsp3) is 0.636. The van der Waals surface area contributed by atoms with Crippen molar-refractivity contribution in [3.05, 3.63) is 11.1 Å². The molecule has 1 aromatic rings. The van der Waals surface area contributed by atoms with Crippen LogP contribution in [-0.2, 0) is 11.2 Å². The number of nitrogens with zero attached hydrogens (tertiary/aromatic N) is 1. The van der Waals surface area contributed by atoms with Crippen LogP contribution < -0.4 is 5.32 Å². The van der Waals surface area contributed by atoms with Gasteiger partial charge in [-0.15, -0.1) is 11.3 Å². The van der Waals surface area contributed by atoms with Gasteiger partial charge in [-0.25, -0.2) is 4.98 Å². The van der Waals surface area contributed by atoms with Crippen LogP contribution in [0.25, 0.3) is 0 Å². The van der Waals surface area contributed by atoms with Crippen molar-refractivity contribution in [2.45, 2.75) is 30.9 Å². The summed E-state index contributed by atoms with van der Waals surface area (Å²) in [6.45, 7) is 0.969. The molecule has 6 heteroatoms. The van der Waals surface area contributed by atoms with E-state index < -0.39 is 5.97 Å². The fourth-order valence-corrected chi connectivity index (χ4v) is 3.70. The van der Waals surface area contributed by atoms with Crippen LogP contribution in [0, 0.1) is 0 Å². The first-order valence-corrected chi connectivity index (χ1v) is 7.68. The van der Waals surface area contributed by atoms with E-state index in [4.69, 9.17) is 5.11 Å². The molecular weight excluding hydrogens is 256 g/mol. The fourth-order valence-electron chi connectivity index (χ4n) is 1.74. The standard InChI is InChI=1S/C11H16N2O2S2/c14-10(15)4-3-8-7-17-11(13-8)12-6-9-2-1-5-16-9/h7,9H,1-6H2,(H,12,13)(H,14,15). The zero-order valence-corrected chi connectivity index (χ0v) is 11.1. The Labute approximate surface area is 109 Å². The molecule has 1 fully saturated rings. The minimum absolute atomic E-state index is 0.154. The summed E-state index contributed by atoms with van der Waals surface area (Å²) in [6.07, 6.45) is 3.28. The second-order valence-corrected chi connectivity index (χ2v) is 6.32. The van der Waals surface area contributed by atoms with E-state index in [1.165, 1.54) is 18.6 Å². The van der Waals surface area contributed by atoms with Crippen LogP contribution in [0.2, 0.25) is 0 Å². The Morgan fingerprint density at radius 2 is 2.53 bits per heavy atom. The van der Waals surface area contributed by atoms with Crippen LogP contribution in [0.4, 0.5) is 5.13 Å². The highest BCUT2D eigenvalue weighted by Crippen LogP contribution is 2.26. The van der Waals surface area contributed by atoms with Gasteiger partial charge in [0.25, 0.3) is 0 Å². The van der Waals surface area contributed by atoms with Crippen LogP contribution in [0.1, 0.15) is 25.0 Å². The van der Waals surface area contributed by atoms with Gasteiger partial charge < -0.3 is 10.4 Å². The lowest BCUT2D eigenvalue weighted by molar-refractivity contribution is -0.136. The van der Waals surface area contributed by atoms with Crippen LogP contribution in [0.5, 0.6) is 0 Å². The molecule has 94 valence electrons. The Balaban J connectivity index is 1.75. The van der Waals surface area contributed by atoms with Gasteiger partial charge >= 0.3 is 5.97 Å². The molecule has 0 saturated carbocycles. The third kappa shape index (κ3) is 4.20. The van der Waals surface area contributed by atoms with E-state index in [1.807, 2.05) is 17.1 Å². The third-order valence-electron chi connectivity index (χ3n) is 2.65. The summed E-state index contributed by atoms with van der Waals surface area (Å²) >= 11 is 3.58. The maximum absolute atomic E-state index is 10.4. The SMILES string of the molecule is O=C(O)CCc1csc(NCC2CCCS2)n1. The van der Waals surface area contributed by atoms with E-state index in [2.05, 4.69) is 10.3 Å². The molecule has 2 rings (SSSR count). The number of aryl methyl sites for hydroxylation is 1. The maximum atomic E-state index is 10.4. The van der Waals surface area contributed by atoms with E-state index in [0.29, 0.717) is 11.7 Å². The summed E-state index contributed by atoms with van der Waals surface area (Å²) in [5.74, 6) is 0.503. The second-order valence-electron chi connectivity index (χ2n) is 4.05. The Kier molecular flexibility index (Phi) is 4.67. The number of rotatable bonds is 6. The quantitative estimate of drug-likeness (QED) is 0.833. The second kappa shape index (κ2) is 6.26. The molecule has 0 bridgehead atoms. The zero-order chi connectivity index (χ0) is 12.1. The van der Waals surface area contributed by atoms with Gasteiger partial charge in [0.1, 0.15) is 0 Å². The van der Waals surface area contributed by atoms with Crippen molar-refractivity contribution in [2.24, 2.45) is 0 Å². The lowest BCUT2D eigenvalue weighted by atomic mass is 10.2. The summed E-state index contributed by atoms with van der Waals surface area (Å²) in [5.41, 5.74) is 0.874. The summed E-state index contributed by atoms with van der Waals surface area (Å²) in [4.78, 5) is 14.8. The van der Waals surface area contributed by atoms with E-state index in [9.17, 15) is 4.79 Å². The molecule has 1 aliphatic heterocycles. The Hall–Kier alpha value is -0.750. The molecule has 1 aliphatic rings. The van der Waals surface area contributed by atoms with Gasteiger partial charge in [-0.3, -0.25) is 4.79 Å². The summed E-state index contributed by atoms with van der Waals surface area (Å²) in [6, 6.07) is 0. The van der Waals surface area contributed by atoms with Gasteiger partial charge in [0.2, 0.25) is 0 Å². The van der Waals surface area contributed by atoms with Gasteiger partial charge in [0.05, 0.1) is 12.1 Å². The molecule has 1 atom stereocenters. The maximum Gasteiger partial charge on any atom is 0.303 e.